The van der Waals surface area contributed by atoms with E-state index in [4.69, 9.17) is 9.47 Å². The SMILES string of the molecule is COc1ccc(CN(C(=O)CN(c2cccc(OC)c2)S(=O)(=O)c2ccccc2)C(C)C(=O)NC(C)(C)C)cc1. The van der Waals surface area contributed by atoms with E-state index in [1.807, 2.05) is 20.8 Å². The Hall–Kier alpha value is -4.05. The van der Waals surface area contributed by atoms with Gasteiger partial charge < -0.3 is 19.7 Å². The van der Waals surface area contributed by atoms with Crippen LogP contribution in [0.1, 0.15) is 33.3 Å². The number of hydrogen-bond acceptors (Lipinski definition) is 6. The second kappa shape index (κ2) is 12.9. The Kier molecular flexibility index (Phi) is 9.81. The van der Waals surface area contributed by atoms with Crippen LogP contribution in [-0.2, 0) is 26.2 Å². The van der Waals surface area contributed by atoms with Crippen LogP contribution in [-0.4, -0.2) is 57.5 Å². The summed E-state index contributed by atoms with van der Waals surface area (Å²) < 4.78 is 39.3. The van der Waals surface area contributed by atoms with E-state index in [2.05, 4.69) is 5.32 Å². The molecule has 1 unspecified atom stereocenters. The molecule has 0 fully saturated rings. The summed E-state index contributed by atoms with van der Waals surface area (Å²) in [5.74, 6) is 0.187. The van der Waals surface area contributed by atoms with E-state index in [-0.39, 0.29) is 23.0 Å². The number of amides is 2. The van der Waals surface area contributed by atoms with Gasteiger partial charge in [0.15, 0.2) is 0 Å². The molecule has 3 rings (SSSR count). The summed E-state index contributed by atoms with van der Waals surface area (Å²) in [5.41, 5.74) is 0.486. The zero-order valence-corrected chi connectivity index (χ0v) is 24.6. The first-order chi connectivity index (χ1) is 18.9. The molecule has 2 amide bonds. The van der Waals surface area contributed by atoms with Gasteiger partial charge in [0.1, 0.15) is 24.1 Å². The standard InChI is InChI=1S/C30H37N3O6S/c1-22(29(35)31-30(2,3)4)32(20-23-15-17-25(38-5)18-16-23)28(34)21-33(24-11-10-12-26(19-24)39-6)40(36,37)27-13-8-7-9-14-27/h7-19,22H,20-21H2,1-6H3,(H,31,35). The predicted molar refractivity (Wildman–Crippen MR) is 155 cm³/mol. The molecule has 40 heavy (non-hydrogen) atoms. The molecular weight excluding hydrogens is 530 g/mol. The molecule has 0 aliphatic heterocycles. The largest absolute Gasteiger partial charge is 0.497 e. The molecule has 3 aromatic carbocycles. The van der Waals surface area contributed by atoms with Crippen molar-refractivity contribution in [2.24, 2.45) is 0 Å². The van der Waals surface area contributed by atoms with E-state index in [1.165, 1.54) is 24.1 Å². The maximum Gasteiger partial charge on any atom is 0.264 e. The molecule has 0 saturated heterocycles. The third-order valence-electron chi connectivity index (χ3n) is 6.13. The van der Waals surface area contributed by atoms with Crippen molar-refractivity contribution in [1.82, 2.24) is 10.2 Å². The second-order valence-corrected chi connectivity index (χ2v) is 12.2. The first kappa shape index (κ1) is 30.5. The third-order valence-corrected chi connectivity index (χ3v) is 7.92. The highest BCUT2D eigenvalue weighted by Crippen LogP contribution is 2.27. The lowest BCUT2D eigenvalue weighted by Gasteiger charge is -2.33. The Balaban J connectivity index is 2.04. The van der Waals surface area contributed by atoms with Crippen molar-refractivity contribution in [3.05, 3.63) is 84.4 Å². The molecule has 0 aliphatic rings. The molecule has 1 atom stereocenters. The molecule has 0 aliphatic carbocycles. The highest BCUT2D eigenvalue weighted by Gasteiger charge is 2.33. The maximum atomic E-state index is 14.0. The van der Waals surface area contributed by atoms with Crippen LogP contribution in [0.15, 0.2) is 83.8 Å². The van der Waals surface area contributed by atoms with Crippen molar-refractivity contribution in [2.75, 3.05) is 25.1 Å². The van der Waals surface area contributed by atoms with Crippen LogP contribution in [0.2, 0.25) is 0 Å². The summed E-state index contributed by atoms with van der Waals surface area (Å²) in [7, 11) is -1.11. The summed E-state index contributed by atoms with van der Waals surface area (Å²) in [4.78, 5) is 28.6. The van der Waals surface area contributed by atoms with Crippen molar-refractivity contribution in [2.45, 2.75) is 50.7 Å². The highest BCUT2D eigenvalue weighted by molar-refractivity contribution is 7.92. The van der Waals surface area contributed by atoms with E-state index >= 15 is 0 Å². The van der Waals surface area contributed by atoms with E-state index < -0.39 is 34.1 Å². The van der Waals surface area contributed by atoms with Crippen molar-refractivity contribution >= 4 is 27.5 Å². The van der Waals surface area contributed by atoms with Crippen LogP contribution in [0.5, 0.6) is 11.5 Å². The Labute approximate surface area is 236 Å². The lowest BCUT2D eigenvalue weighted by Crippen LogP contribution is -2.54. The number of anilines is 1. The summed E-state index contributed by atoms with van der Waals surface area (Å²) in [6, 6.07) is 20.6. The highest BCUT2D eigenvalue weighted by atomic mass is 32.2. The van der Waals surface area contributed by atoms with Gasteiger partial charge in [0.05, 0.1) is 24.8 Å². The van der Waals surface area contributed by atoms with E-state index in [0.717, 1.165) is 9.87 Å². The summed E-state index contributed by atoms with van der Waals surface area (Å²) >= 11 is 0. The van der Waals surface area contributed by atoms with Gasteiger partial charge in [-0.25, -0.2) is 8.42 Å². The van der Waals surface area contributed by atoms with Crippen LogP contribution >= 0.6 is 0 Å². The molecule has 10 heteroatoms. The molecule has 0 saturated carbocycles. The fourth-order valence-electron chi connectivity index (χ4n) is 4.00. The number of benzene rings is 3. The summed E-state index contributed by atoms with van der Waals surface area (Å²) in [6.45, 7) is 6.73. The number of hydrogen-bond donors (Lipinski definition) is 1. The summed E-state index contributed by atoms with van der Waals surface area (Å²) in [5, 5.41) is 2.91. The molecule has 9 nitrogen and oxygen atoms in total. The van der Waals surface area contributed by atoms with Crippen LogP contribution in [0.4, 0.5) is 5.69 Å². The van der Waals surface area contributed by atoms with Gasteiger partial charge in [-0.1, -0.05) is 36.4 Å². The molecule has 214 valence electrons. The van der Waals surface area contributed by atoms with Gasteiger partial charge >= 0.3 is 0 Å². The van der Waals surface area contributed by atoms with Crippen LogP contribution in [0.3, 0.4) is 0 Å². The van der Waals surface area contributed by atoms with Crippen LogP contribution in [0, 0.1) is 0 Å². The average molecular weight is 568 g/mol. The average Bonchev–Trinajstić information content (AvgIpc) is 2.94. The fraction of sp³-hybridized carbons (Fsp3) is 0.333. The molecule has 1 N–H and O–H groups in total. The van der Waals surface area contributed by atoms with E-state index in [9.17, 15) is 18.0 Å². The maximum absolute atomic E-state index is 14.0. The number of methoxy groups -OCH3 is 2. The second-order valence-electron chi connectivity index (χ2n) is 10.3. The number of nitrogens with zero attached hydrogens (tertiary/aromatic N) is 2. The van der Waals surface area contributed by atoms with Crippen LogP contribution < -0.4 is 19.1 Å². The number of carbonyl (C=O) groups is 2. The first-order valence-corrected chi connectivity index (χ1v) is 14.3. The monoisotopic (exact) mass is 567 g/mol. The molecule has 0 spiro atoms. The van der Waals surface area contributed by atoms with Crippen molar-refractivity contribution in [3.63, 3.8) is 0 Å². The van der Waals surface area contributed by atoms with Crippen molar-refractivity contribution in [3.8, 4) is 11.5 Å². The third kappa shape index (κ3) is 7.75. The normalized spacial score (nSPS) is 12.2. The van der Waals surface area contributed by atoms with E-state index in [0.29, 0.717) is 11.5 Å². The van der Waals surface area contributed by atoms with Crippen molar-refractivity contribution < 1.29 is 27.5 Å². The first-order valence-electron chi connectivity index (χ1n) is 12.8. The minimum absolute atomic E-state index is 0.0332. The molecule has 0 aromatic heterocycles. The Bertz CT molecular complexity index is 1400. The molecular formula is C30H37N3O6S. The van der Waals surface area contributed by atoms with Gasteiger partial charge in [0.2, 0.25) is 11.8 Å². The van der Waals surface area contributed by atoms with E-state index in [1.54, 1.807) is 80.8 Å². The fourth-order valence-corrected chi connectivity index (χ4v) is 5.43. The van der Waals surface area contributed by atoms with Gasteiger partial charge in [-0.2, -0.15) is 0 Å². The lowest BCUT2D eigenvalue weighted by atomic mass is 10.1. The lowest BCUT2D eigenvalue weighted by molar-refractivity contribution is -0.140. The number of nitrogens with one attached hydrogen (secondary N) is 1. The van der Waals surface area contributed by atoms with Gasteiger partial charge in [-0.15, -0.1) is 0 Å². The smallest absolute Gasteiger partial charge is 0.264 e. The Morgan fingerprint density at radius 3 is 2.08 bits per heavy atom. The topological polar surface area (TPSA) is 105 Å². The van der Waals surface area contributed by atoms with Gasteiger partial charge in [0, 0.05) is 18.2 Å². The van der Waals surface area contributed by atoms with Gasteiger partial charge in [-0.05, 0) is 69.7 Å². The zero-order chi connectivity index (χ0) is 29.5. The molecule has 0 heterocycles. The van der Waals surface area contributed by atoms with Crippen LogP contribution in [0.25, 0.3) is 0 Å². The zero-order valence-electron chi connectivity index (χ0n) is 23.7. The Morgan fingerprint density at radius 1 is 0.875 bits per heavy atom. The predicted octanol–water partition coefficient (Wildman–Crippen LogP) is 4.23. The van der Waals surface area contributed by atoms with Crippen molar-refractivity contribution in [1.29, 1.82) is 0 Å². The van der Waals surface area contributed by atoms with Gasteiger partial charge in [0.25, 0.3) is 10.0 Å². The van der Waals surface area contributed by atoms with Gasteiger partial charge in [-0.3, -0.25) is 13.9 Å². The number of rotatable bonds is 11. The number of ether oxygens (including phenoxy) is 2. The molecule has 3 aromatic rings. The number of carbonyl (C=O) groups excluding carboxylic acids is 2. The minimum Gasteiger partial charge on any atom is -0.497 e. The molecule has 0 radical (unpaired) electrons. The Morgan fingerprint density at radius 2 is 1.50 bits per heavy atom. The minimum atomic E-state index is -4.15. The number of sulfonamides is 1. The summed E-state index contributed by atoms with van der Waals surface area (Å²) in [6.07, 6.45) is 0. The quantitative estimate of drug-likeness (QED) is 0.372. The molecule has 0 bridgehead atoms.